The second-order valence-corrected chi connectivity index (χ2v) is 10.8. The van der Waals surface area contributed by atoms with Crippen molar-refractivity contribution < 1.29 is 46.8 Å². The first-order valence-electron chi connectivity index (χ1n) is 14.7. The molecule has 2 aromatic carbocycles. The van der Waals surface area contributed by atoms with Crippen molar-refractivity contribution in [1.29, 1.82) is 5.41 Å². The molecular formula is C31H36F2N8O8. The SMILES string of the molecule is COc1cc(OCCOC(C)=O)c(F)c(C(C2=N[C@@H](OCOC(=O)OC(C)(C)CF)N(c3ncccn3)N2)N(C(=N)N)c2ccccc2)c1. The van der Waals surface area contributed by atoms with Gasteiger partial charge in [0.25, 0.3) is 6.35 Å². The van der Waals surface area contributed by atoms with E-state index in [1.807, 2.05) is 0 Å². The number of nitrogens with one attached hydrogen (secondary N) is 2. The molecule has 0 radical (unpaired) electrons. The van der Waals surface area contributed by atoms with Gasteiger partial charge in [-0.05, 0) is 38.1 Å². The van der Waals surface area contributed by atoms with Crippen molar-refractivity contribution in [3.05, 3.63) is 72.3 Å². The summed E-state index contributed by atoms with van der Waals surface area (Å²) in [5.41, 5.74) is 8.01. The Hall–Kier alpha value is -5.78. The number of ether oxygens (including phenoxy) is 6. The van der Waals surface area contributed by atoms with E-state index in [0.717, 1.165) is 0 Å². The number of benzene rings is 2. The Morgan fingerprint density at radius 2 is 1.84 bits per heavy atom. The van der Waals surface area contributed by atoms with Crippen LogP contribution >= 0.6 is 0 Å². The van der Waals surface area contributed by atoms with Gasteiger partial charge in [-0.3, -0.25) is 25.3 Å². The smallest absolute Gasteiger partial charge is 0.497 e. The van der Waals surface area contributed by atoms with Crippen LogP contribution in [0.5, 0.6) is 11.5 Å². The van der Waals surface area contributed by atoms with Crippen molar-refractivity contribution in [3.8, 4) is 11.5 Å². The normalized spacial score (nSPS) is 14.6. The van der Waals surface area contributed by atoms with E-state index in [4.69, 9.17) is 39.6 Å². The van der Waals surface area contributed by atoms with Crippen LogP contribution in [-0.2, 0) is 23.7 Å². The third-order valence-corrected chi connectivity index (χ3v) is 6.58. The summed E-state index contributed by atoms with van der Waals surface area (Å²) < 4.78 is 61.3. The van der Waals surface area contributed by atoms with Gasteiger partial charge in [0.05, 0.1) is 7.11 Å². The molecule has 1 unspecified atom stereocenters. The molecular weight excluding hydrogens is 650 g/mol. The second kappa shape index (κ2) is 16.4. The van der Waals surface area contributed by atoms with E-state index in [1.54, 1.807) is 36.4 Å². The number of carbonyl (C=O) groups excluding carboxylic acids is 2. The molecule has 0 saturated heterocycles. The molecule has 49 heavy (non-hydrogen) atoms. The fourth-order valence-electron chi connectivity index (χ4n) is 4.39. The standard InChI is InChI=1S/C31H36F2N8O8/c1-19(42)45-13-14-46-23-16-21(44-4)15-22(24(23)33)25(40(27(34)35)20-9-6-5-7-10-20)26-38-29(41(39-26)28-36-11-8-12-37-28)47-18-48-30(43)49-31(2,3)17-32/h5-12,15-16,25,29H,13-14,17-18H2,1-4H3,(H3,34,35)(H,38,39)/t25?,29-/m1/s1. The maximum atomic E-state index is 16.5. The number of hydrazine groups is 1. The second-order valence-electron chi connectivity index (χ2n) is 10.8. The molecule has 2 atom stereocenters. The lowest BCUT2D eigenvalue weighted by Gasteiger charge is -2.33. The fraction of sp³-hybridized carbons (Fsp3) is 0.355. The summed E-state index contributed by atoms with van der Waals surface area (Å²) in [6, 6.07) is 11.4. The van der Waals surface area contributed by atoms with E-state index >= 15 is 4.39 Å². The maximum absolute atomic E-state index is 16.5. The molecule has 0 amide bonds. The zero-order valence-electron chi connectivity index (χ0n) is 27.1. The van der Waals surface area contributed by atoms with Crippen molar-refractivity contribution >= 4 is 35.6 Å². The Kier molecular flexibility index (Phi) is 12.0. The first-order chi connectivity index (χ1) is 23.4. The van der Waals surface area contributed by atoms with Gasteiger partial charge in [0.1, 0.15) is 43.1 Å². The number of nitrogens with two attached hydrogens (primary N) is 1. The predicted octanol–water partition coefficient (Wildman–Crippen LogP) is 3.59. The van der Waals surface area contributed by atoms with Crippen molar-refractivity contribution in [1.82, 2.24) is 15.4 Å². The molecule has 1 aliphatic heterocycles. The molecule has 3 aromatic rings. The number of methoxy groups -OCH3 is 1. The van der Waals surface area contributed by atoms with Crippen molar-refractivity contribution in [2.45, 2.75) is 38.8 Å². The van der Waals surface area contributed by atoms with E-state index in [9.17, 15) is 14.0 Å². The van der Waals surface area contributed by atoms with Crippen molar-refractivity contribution in [2.24, 2.45) is 10.7 Å². The summed E-state index contributed by atoms with van der Waals surface area (Å²) in [4.78, 5) is 37.7. The summed E-state index contributed by atoms with van der Waals surface area (Å²) in [5, 5.41) is 9.83. The Balaban J connectivity index is 1.78. The highest BCUT2D eigenvalue weighted by Gasteiger charge is 2.40. The van der Waals surface area contributed by atoms with E-state index in [1.165, 1.54) is 62.3 Å². The number of carbonyl (C=O) groups is 2. The summed E-state index contributed by atoms with van der Waals surface area (Å²) in [7, 11) is 1.37. The average molecular weight is 687 g/mol. The lowest BCUT2D eigenvalue weighted by Crippen LogP contribution is -2.50. The fourth-order valence-corrected chi connectivity index (χ4v) is 4.39. The molecule has 0 aliphatic carbocycles. The van der Waals surface area contributed by atoms with Crippen LogP contribution < -0.4 is 30.5 Å². The first kappa shape index (κ1) is 36.1. The Morgan fingerprint density at radius 3 is 2.47 bits per heavy atom. The van der Waals surface area contributed by atoms with E-state index in [-0.39, 0.29) is 42.1 Å². The topological polar surface area (TPSA) is 196 Å². The monoisotopic (exact) mass is 686 g/mol. The van der Waals surface area contributed by atoms with Gasteiger partial charge in [-0.25, -0.2) is 33.5 Å². The number of amidine groups is 1. The summed E-state index contributed by atoms with van der Waals surface area (Å²) in [5.74, 6) is -1.92. The minimum Gasteiger partial charge on any atom is -0.497 e. The molecule has 1 aromatic heterocycles. The number of para-hydroxylation sites is 1. The molecule has 262 valence electrons. The lowest BCUT2D eigenvalue weighted by molar-refractivity contribution is -0.141. The Bertz CT molecular complexity index is 1630. The number of aromatic nitrogens is 2. The zero-order chi connectivity index (χ0) is 35.6. The highest BCUT2D eigenvalue weighted by atomic mass is 19.1. The molecule has 16 nitrogen and oxygen atoms in total. The minimum absolute atomic E-state index is 0.0179. The van der Waals surface area contributed by atoms with Crippen LogP contribution in [0.15, 0.2) is 65.9 Å². The van der Waals surface area contributed by atoms with Gasteiger partial charge >= 0.3 is 12.1 Å². The first-order valence-corrected chi connectivity index (χ1v) is 14.7. The van der Waals surface area contributed by atoms with Crippen LogP contribution in [0, 0.1) is 11.2 Å². The van der Waals surface area contributed by atoms with Gasteiger partial charge in [-0.2, -0.15) is 0 Å². The van der Waals surface area contributed by atoms with Crippen LogP contribution in [0.25, 0.3) is 0 Å². The predicted molar refractivity (Wildman–Crippen MR) is 171 cm³/mol. The van der Waals surface area contributed by atoms with Gasteiger partial charge in [-0.15, -0.1) is 0 Å². The minimum atomic E-state index is -1.42. The van der Waals surface area contributed by atoms with Gasteiger partial charge in [0, 0.05) is 36.6 Å². The summed E-state index contributed by atoms with van der Waals surface area (Å²) >= 11 is 0. The van der Waals surface area contributed by atoms with E-state index in [2.05, 4.69) is 20.4 Å². The number of anilines is 2. The molecule has 4 rings (SSSR count). The largest absolute Gasteiger partial charge is 0.511 e. The van der Waals surface area contributed by atoms with Gasteiger partial charge in [0.15, 0.2) is 24.3 Å². The number of guanidine groups is 1. The van der Waals surface area contributed by atoms with E-state index in [0.29, 0.717) is 5.69 Å². The molecule has 0 saturated carbocycles. The molecule has 0 spiro atoms. The molecule has 1 aliphatic rings. The summed E-state index contributed by atoms with van der Waals surface area (Å²) in [6.07, 6.45) is 0.386. The number of halogens is 2. The third kappa shape index (κ3) is 9.40. The molecule has 0 fully saturated rings. The molecule has 0 bridgehead atoms. The number of aliphatic imine (C=N–C) groups is 1. The summed E-state index contributed by atoms with van der Waals surface area (Å²) in [6.45, 7) is 1.98. The van der Waals surface area contributed by atoms with Gasteiger partial charge < -0.3 is 29.4 Å². The van der Waals surface area contributed by atoms with Gasteiger partial charge in [0.2, 0.25) is 5.95 Å². The number of alkyl halides is 1. The van der Waals surface area contributed by atoms with Crippen LogP contribution in [0.3, 0.4) is 0 Å². The van der Waals surface area contributed by atoms with Crippen LogP contribution in [-0.4, -0.2) is 79.6 Å². The van der Waals surface area contributed by atoms with Crippen LogP contribution in [0.2, 0.25) is 0 Å². The lowest BCUT2D eigenvalue weighted by atomic mass is 10.0. The Labute approximate surface area is 280 Å². The number of rotatable bonds is 15. The number of nitrogens with zero attached hydrogens (tertiary/aromatic N) is 5. The number of esters is 1. The van der Waals surface area contributed by atoms with E-state index < -0.39 is 55.4 Å². The highest BCUT2D eigenvalue weighted by molar-refractivity contribution is 6.03. The maximum Gasteiger partial charge on any atom is 0.511 e. The quantitative estimate of drug-likeness (QED) is 0.0690. The van der Waals surface area contributed by atoms with Gasteiger partial charge in [-0.1, -0.05) is 18.2 Å². The molecule has 18 heteroatoms. The number of hydrogen-bond donors (Lipinski definition) is 3. The molecule has 2 heterocycles. The Morgan fingerprint density at radius 1 is 1.12 bits per heavy atom. The van der Waals surface area contributed by atoms with Crippen LogP contribution in [0.1, 0.15) is 32.4 Å². The number of hydrogen-bond acceptors (Lipinski definition) is 14. The van der Waals surface area contributed by atoms with Crippen molar-refractivity contribution in [2.75, 3.05) is 43.7 Å². The highest BCUT2D eigenvalue weighted by Crippen LogP contribution is 2.37. The zero-order valence-corrected chi connectivity index (χ0v) is 27.1. The molecule has 4 N–H and O–H groups in total. The third-order valence-electron chi connectivity index (χ3n) is 6.58. The van der Waals surface area contributed by atoms with Crippen molar-refractivity contribution in [3.63, 3.8) is 0 Å². The average Bonchev–Trinajstić information content (AvgIpc) is 3.50. The van der Waals surface area contributed by atoms with Crippen LogP contribution in [0.4, 0.5) is 25.2 Å².